The highest BCUT2D eigenvalue weighted by Gasteiger charge is 2.37. The van der Waals surface area contributed by atoms with Crippen molar-refractivity contribution in [1.29, 1.82) is 0 Å². The van der Waals surface area contributed by atoms with E-state index in [4.69, 9.17) is 4.74 Å². The van der Waals surface area contributed by atoms with Crippen LogP contribution in [0.3, 0.4) is 0 Å². The Morgan fingerprint density at radius 2 is 2.13 bits per heavy atom. The summed E-state index contributed by atoms with van der Waals surface area (Å²) in [6.45, 7) is 9.72. The normalized spacial score (nSPS) is 24.2. The predicted molar refractivity (Wildman–Crippen MR) is 92.6 cm³/mol. The molecule has 2 rings (SSSR count). The number of hydrogen-bond acceptors (Lipinski definition) is 4. The van der Waals surface area contributed by atoms with Crippen LogP contribution in [-0.4, -0.2) is 36.9 Å². The van der Waals surface area contributed by atoms with Gasteiger partial charge in [0.2, 0.25) is 0 Å². The summed E-state index contributed by atoms with van der Waals surface area (Å²) in [5.74, 6) is 0.332. The predicted octanol–water partition coefficient (Wildman–Crippen LogP) is 2.71. The van der Waals surface area contributed by atoms with Gasteiger partial charge < -0.3 is 20.5 Å². The van der Waals surface area contributed by atoms with Crippen molar-refractivity contribution in [2.45, 2.75) is 45.8 Å². The monoisotopic (exact) mass is 340 g/mol. The summed E-state index contributed by atoms with van der Waals surface area (Å²) in [6.07, 6.45) is 1.13. The Morgan fingerprint density at radius 3 is 2.74 bits per heavy atom. The molecule has 3 atom stereocenters. The molecule has 2 heterocycles. The van der Waals surface area contributed by atoms with Gasteiger partial charge in [0.15, 0.2) is 0 Å². The molecule has 1 aliphatic heterocycles. The van der Waals surface area contributed by atoms with Gasteiger partial charge >= 0.3 is 6.03 Å². The second-order valence-corrected chi connectivity index (χ2v) is 8.47. The van der Waals surface area contributed by atoms with E-state index in [-0.39, 0.29) is 24.1 Å². The fourth-order valence-electron chi connectivity index (χ4n) is 3.01. The van der Waals surface area contributed by atoms with Gasteiger partial charge in [0.25, 0.3) is 0 Å². The quantitative estimate of drug-likeness (QED) is 0.772. The summed E-state index contributed by atoms with van der Waals surface area (Å²) < 4.78 is 5.82. The van der Waals surface area contributed by atoms with Crippen molar-refractivity contribution in [1.82, 2.24) is 10.6 Å². The molecule has 0 radical (unpaired) electrons. The van der Waals surface area contributed by atoms with Crippen molar-refractivity contribution in [3.63, 3.8) is 0 Å². The third-order valence-corrected chi connectivity index (χ3v) is 5.36. The van der Waals surface area contributed by atoms with Crippen LogP contribution in [0.25, 0.3) is 0 Å². The molecule has 3 N–H and O–H groups in total. The van der Waals surface area contributed by atoms with Gasteiger partial charge in [-0.05, 0) is 30.2 Å². The van der Waals surface area contributed by atoms with Crippen LogP contribution >= 0.6 is 11.3 Å². The Bertz CT molecular complexity index is 508. The van der Waals surface area contributed by atoms with Gasteiger partial charge in [-0.25, -0.2) is 4.79 Å². The molecular formula is C17H28N2O3S. The molecule has 1 saturated heterocycles. The SMILES string of the molecule is CC(O)(CNC(=O)NCC1CCOC1C(C)(C)C)c1cccs1. The van der Waals surface area contributed by atoms with Crippen LogP contribution in [0.15, 0.2) is 17.5 Å². The molecule has 6 heteroatoms. The summed E-state index contributed by atoms with van der Waals surface area (Å²) in [5.41, 5.74) is -0.974. The number of carbonyl (C=O) groups excluding carboxylic acids is 1. The Morgan fingerprint density at radius 1 is 1.39 bits per heavy atom. The van der Waals surface area contributed by atoms with E-state index < -0.39 is 5.60 Å². The third kappa shape index (κ3) is 4.93. The van der Waals surface area contributed by atoms with Crippen LogP contribution in [0.2, 0.25) is 0 Å². The summed E-state index contributed by atoms with van der Waals surface area (Å²) >= 11 is 1.48. The highest BCUT2D eigenvalue weighted by atomic mass is 32.1. The highest BCUT2D eigenvalue weighted by molar-refractivity contribution is 7.10. The molecule has 0 spiro atoms. The molecule has 1 aromatic heterocycles. The van der Waals surface area contributed by atoms with E-state index in [1.807, 2.05) is 17.5 Å². The zero-order valence-electron chi connectivity index (χ0n) is 14.4. The first-order valence-electron chi connectivity index (χ1n) is 8.10. The molecule has 1 fully saturated rings. The summed E-state index contributed by atoms with van der Waals surface area (Å²) in [5, 5.41) is 18.0. The molecule has 0 aliphatic carbocycles. The molecule has 5 nitrogen and oxygen atoms in total. The summed E-state index contributed by atoms with van der Waals surface area (Å²) in [6, 6.07) is 3.51. The van der Waals surface area contributed by atoms with Crippen molar-refractivity contribution < 1.29 is 14.6 Å². The van der Waals surface area contributed by atoms with Gasteiger partial charge in [-0.3, -0.25) is 0 Å². The average Bonchev–Trinajstić information content (AvgIpc) is 3.12. The second-order valence-electron chi connectivity index (χ2n) is 7.52. The molecule has 130 valence electrons. The van der Waals surface area contributed by atoms with Crippen LogP contribution in [0.5, 0.6) is 0 Å². The van der Waals surface area contributed by atoms with Crippen molar-refractivity contribution in [3.8, 4) is 0 Å². The minimum Gasteiger partial charge on any atom is -0.383 e. The summed E-state index contributed by atoms with van der Waals surface area (Å²) in [4.78, 5) is 12.8. The number of hydrogen-bond donors (Lipinski definition) is 3. The van der Waals surface area contributed by atoms with Crippen molar-refractivity contribution in [3.05, 3.63) is 22.4 Å². The number of carbonyl (C=O) groups is 1. The fraction of sp³-hybridized carbons (Fsp3) is 0.706. The van der Waals surface area contributed by atoms with E-state index in [0.29, 0.717) is 12.5 Å². The van der Waals surface area contributed by atoms with Gasteiger partial charge in [-0.15, -0.1) is 11.3 Å². The minimum absolute atomic E-state index is 0.0716. The zero-order valence-corrected chi connectivity index (χ0v) is 15.2. The lowest BCUT2D eigenvalue weighted by atomic mass is 9.81. The van der Waals surface area contributed by atoms with Gasteiger partial charge in [0.05, 0.1) is 12.6 Å². The lowest BCUT2D eigenvalue weighted by Crippen LogP contribution is -2.46. The number of thiophene rings is 1. The van der Waals surface area contributed by atoms with Crippen LogP contribution in [0, 0.1) is 11.3 Å². The first kappa shape index (κ1) is 18.2. The molecule has 2 amide bonds. The van der Waals surface area contributed by atoms with E-state index >= 15 is 0 Å². The Kier molecular flexibility index (Phi) is 5.70. The molecular weight excluding hydrogens is 312 g/mol. The Hall–Kier alpha value is -1.11. The first-order valence-corrected chi connectivity index (χ1v) is 8.98. The molecule has 3 unspecified atom stereocenters. The van der Waals surface area contributed by atoms with Crippen LogP contribution in [0.1, 0.15) is 39.0 Å². The smallest absolute Gasteiger partial charge is 0.314 e. The first-order chi connectivity index (χ1) is 10.7. The highest BCUT2D eigenvalue weighted by Crippen LogP contribution is 2.34. The number of ether oxygens (including phenoxy) is 1. The van der Waals surface area contributed by atoms with Crippen molar-refractivity contribution in [2.75, 3.05) is 19.7 Å². The number of nitrogens with one attached hydrogen (secondary N) is 2. The lowest BCUT2D eigenvalue weighted by molar-refractivity contribution is 0.00768. The molecule has 1 aliphatic rings. The topological polar surface area (TPSA) is 70.6 Å². The number of amides is 2. The Labute approximate surface area is 142 Å². The minimum atomic E-state index is -1.05. The molecule has 23 heavy (non-hydrogen) atoms. The van der Waals surface area contributed by atoms with Crippen LogP contribution < -0.4 is 10.6 Å². The van der Waals surface area contributed by atoms with E-state index in [2.05, 4.69) is 31.4 Å². The van der Waals surface area contributed by atoms with E-state index in [1.54, 1.807) is 6.92 Å². The standard InChI is InChI=1S/C17H28N2O3S/c1-16(2,3)14-12(7-8-22-14)10-18-15(20)19-11-17(4,21)13-6-5-9-23-13/h5-6,9,12,14,21H,7-8,10-11H2,1-4H3,(H2,18,19,20). The maximum absolute atomic E-state index is 12.0. The number of urea groups is 1. The lowest BCUT2D eigenvalue weighted by Gasteiger charge is -2.31. The third-order valence-electron chi connectivity index (χ3n) is 4.24. The van der Waals surface area contributed by atoms with Gasteiger partial charge in [-0.1, -0.05) is 26.8 Å². The van der Waals surface area contributed by atoms with E-state index in [0.717, 1.165) is 17.9 Å². The fourth-order valence-corrected chi connectivity index (χ4v) is 3.80. The zero-order chi connectivity index (χ0) is 17.1. The second kappa shape index (κ2) is 7.20. The molecule has 0 saturated carbocycles. The maximum Gasteiger partial charge on any atom is 0.314 e. The van der Waals surface area contributed by atoms with Crippen molar-refractivity contribution in [2.24, 2.45) is 11.3 Å². The van der Waals surface area contributed by atoms with Gasteiger partial charge in [-0.2, -0.15) is 0 Å². The maximum atomic E-state index is 12.0. The Balaban J connectivity index is 1.77. The summed E-state index contributed by atoms with van der Waals surface area (Å²) in [7, 11) is 0. The van der Waals surface area contributed by atoms with E-state index in [1.165, 1.54) is 11.3 Å². The van der Waals surface area contributed by atoms with Gasteiger partial charge in [0.1, 0.15) is 5.60 Å². The largest absolute Gasteiger partial charge is 0.383 e. The molecule has 1 aromatic rings. The van der Waals surface area contributed by atoms with E-state index in [9.17, 15) is 9.90 Å². The number of rotatable bonds is 5. The van der Waals surface area contributed by atoms with Crippen LogP contribution in [0.4, 0.5) is 4.79 Å². The molecule has 0 aromatic carbocycles. The average molecular weight is 340 g/mol. The van der Waals surface area contributed by atoms with Crippen LogP contribution in [-0.2, 0) is 10.3 Å². The number of aliphatic hydroxyl groups is 1. The molecule has 0 bridgehead atoms. The van der Waals surface area contributed by atoms with Gasteiger partial charge in [0, 0.05) is 23.9 Å². The van der Waals surface area contributed by atoms with Crippen molar-refractivity contribution >= 4 is 17.4 Å².